The highest BCUT2D eigenvalue weighted by atomic mass is 35.5. The maximum atomic E-state index is 11.7. The molecule has 20 heavy (non-hydrogen) atoms. The lowest BCUT2D eigenvalue weighted by Gasteiger charge is -2.08. The zero-order valence-corrected chi connectivity index (χ0v) is 13.0. The maximum absolute atomic E-state index is 11.7. The first kappa shape index (κ1) is 15.1. The first-order valence-corrected chi connectivity index (χ1v) is 7.42. The Morgan fingerprint density at radius 2 is 2.25 bits per heavy atom. The summed E-state index contributed by atoms with van der Waals surface area (Å²) >= 11 is 13.2. The van der Waals surface area contributed by atoms with E-state index in [1.807, 2.05) is 6.92 Å². The summed E-state index contributed by atoms with van der Waals surface area (Å²) in [5.41, 5.74) is 0. The average Bonchev–Trinajstić information content (AvgIpc) is 2.79. The standard InChI is InChI=1S/C13H12Cl2N2O2S/c1-8-7-16-13(20-8)17-12(18)4-5-19-11-6-9(14)2-3-10(11)15/h2-3,6-7H,4-5H2,1H3,(H,16,17,18). The summed E-state index contributed by atoms with van der Waals surface area (Å²) < 4.78 is 5.44. The van der Waals surface area contributed by atoms with Crippen LogP contribution in [-0.2, 0) is 4.79 Å². The molecule has 0 saturated heterocycles. The number of rotatable bonds is 5. The Morgan fingerprint density at radius 1 is 1.45 bits per heavy atom. The van der Waals surface area contributed by atoms with Crippen molar-refractivity contribution in [2.45, 2.75) is 13.3 Å². The number of ether oxygens (including phenoxy) is 1. The summed E-state index contributed by atoms with van der Waals surface area (Å²) in [7, 11) is 0. The number of halogens is 2. The average molecular weight is 331 g/mol. The second-order valence-electron chi connectivity index (χ2n) is 4.00. The Bertz CT molecular complexity index is 616. The number of aryl methyl sites for hydroxylation is 1. The van der Waals surface area contributed by atoms with Gasteiger partial charge in [-0.2, -0.15) is 0 Å². The van der Waals surface area contributed by atoms with E-state index in [1.165, 1.54) is 11.3 Å². The summed E-state index contributed by atoms with van der Waals surface area (Å²) in [5.74, 6) is 0.314. The van der Waals surface area contributed by atoms with Gasteiger partial charge < -0.3 is 10.1 Å². The molecule has 0 saturated carbocycles. The zero-order valence-electron chi connectivity index (χ0n) is 10.7. The van der Waals surface area contributed by atoms with Gasteiger partial charge >= 0.3 is 0 Å². The molecule has 0 bridgehead atoms. The molecule has 0 spiro atoms. The molecular formula is C13H12Cl2N2O2S. The van der Waals surface area contributed by atoms with Crippen molar-refractivity contribution in [2.75, 3.05) is 11.9 Å². The normalized spacial score (nSPS) is 10.3. The van der Waals surface area contributed by atoms with Gasteiger partial charge in [0.2, 0.25) is 5.91 Å². The van der Waals surface area contributed by atoms with Crippen molar-refractivity contribution in [2.24, 2.45) is 0 Å². The van der Waals surface area contributed by atoms with Crippen LogP contribution >= 0.6 is 34.5 Å². The van der Waals surface area contributed by atoms with E-state index in [0.717, 1.165) is 4.88 Å². The number of amides is 1. The Balaban J connectivity index is 1.80. The van der Waals surface area contributed by atoms with Gasteiger partial charge in [0.25, 0.3) is 0 Å². The molecule has 0 atom stereocenters. The van der Waals surface area contributed by atoms with Gasteiger partial charge in [-0.15, -0.1) is 11.3 Å². The first-order valence-electron chi connectivity index (χ1n) is 5.85. The Kier molecular flexibility index (Phi) is 5.23. The fourth-order valence-corrected chi connectivity index (χ4v) is 2.45. The number of hydrogen-bond acceptors (Lipinski definition) is 4. The number of benzene rings is 1. The van der Waals surface area contributed by atoms with Crippen LogP contribution in [0.5, 0.6) is 5.75 Å². The summed E-state index contributed by atoms with van der Waals surface area (Å²) in [5, 5.41) is 4.29. The molecule has 1 heterocycles. The Hall–Kier alpha value is -1.30. The van der Waals surface area contributed by atoms with Crippen molar-refractivity contribution in [3.05, 3.63) is 39.3 Å². The third kappa shape index (κ3) is 4.37. The minimum Gasteiger partial charge on any atom is -0.491 e. The van der Waals surface area contributed by atoms with E-state index in [-0.39, 0.29) is 18.9 Å². The maximum Gasteiger partial charge on any atom is 0.229 e. The molecule has 0 unspecified atom stereocenters. The van der Waals surface area contributed by atoms with Gasteiger partial charge in [0.15, 0.2) is 5.13 Å². The van der Waals surface area contributed by atoms with E-state index in [9.17, 15) is 4.79 Å². The minimum absolute atomic E-state index is 0.155. The highest BCUT2D eigenvalue weighted by molar-refractivity contribution is 7.15. The third-order valence-corrected chi connectivity index (χ3v) is 3.72. The van der Waals surface area contributed by atoms with Gasteiger partial charge in [0.1, 0.15) is 5.75 Å². The van der Waals surface area contributed by atoms with Gasteiger partial charge in [-0.1, -0.05) is 23.2 Å². The molecule has 1 aromatic heterocycles. The SMILES string of the molecule is Cc1cnc(NC(=O)CCOc2cc(Cl)ccc2Cl)s1. The minimum atomic E-state index is -0.155. The molecule has 0 fully saturated rings. The lowest BCUT2D eigenvalue weighted by molar-refractivity contribution is -0.116. The summed E-state index contributed by atoms with van der Waals surface area (Å²) in [6.07, 6.45) is 1.92. The van der Waals surface area contributed by atoms with Crippen LogP contribution < -0.4 is 10.1 Å². The Morgan fingerprint density at radius 3 is 2.95 bits per heavy atom. The highest BCUT2D eigenvalue weighted by Gasteiger charge is 2.07. The molecule has 106 valence electrons. The predicted molar refractivity (Wildman–Crippen MR) is 82.1 cm³/mol. The molecule has 1 aromatic carbocycles. The molecule has 2 rings (SSSR count). The molecule has 2 aromatic rings. The van der Waals surface area contributed by atoms with Crippen LogP contribution in [0.1, 0.15) is 11.3 Å². The molecule has 7 heteroatoms. The van der Waals surface area contributed by atoms with Crippen LogP contribution in [0.4, 0.5) is 5.13 Å². The number of carbonyl (C=O) groups is 1. The third-order valence-electron chi connectivity index (χ3n) is 2.35. The fourth-order valence-electron chi connectivity index (χ4n) is 1.44. The molecular weight excluding hydrogens is 319 g/mol. The van der Waals surface area contributed by atoms with E-state index in [1.54, 1.807) is 24.4 Å². The van der Waals surface area contributed by atoms with Crippen LogP contribution in [0, 0.1) is 6.92 Å². The molecule has 1 N–H and O–H groups in total. The van der Waals surface area contributed by atoms with Crippen LogP contribution in [-0.4, -0.2) is 17.5 Å². The van der Waals surface area contributed by atoms with E-state index in [0.29, 0.717) is 20.9 Å². The quantitative estimate of drug-likeness (QED) is 0.895. The topological polar surface area (TPSA) is 51.2 Å². The lowest BCUT2D eigenvalue weighted by atomic mass is 10.3. The molecule has 0 aliphatic rings. The predicted octanol–water partition coefficient (Wildman–Crippen LogP) is 4.17. The van der Waals surface area contributed by atoms with Crippen molar-refractivity contribution >= 4 is 45.6 Å². The summed E-state index contributed by atoms with van der Waals surface area (Å²) in [4.78, 5) is 16.8. The molecule has 4 nitrogen and oxygen atoms in total. The van der Waals surface area contributed by atoms with Gasteiger partial charge in [-0.25, -0.2) is 4.98 Å². The van der Waals surface area contributed by atoms with Crippen molar-refractivity contribution in [1.29, 1.82) is 0 Å². The largest absolute Gasteiger partial charge is 0.491 e. The molecule has 0 radical (unpaired) electrons. The number of aromatic nitrogens is 1. The second-order valence-corrected chi connectivity index (χ2v) is 6.08. The number of thiazole rings is 1. The monoisotopic (exact) mass is 330 g/mol. The first-order chi connectivity index (χ1) is 9.54. The van der Waals surface area contributed by atoms with Crippen LogP contribution in [0.3, 0.4) is 0 Å². The van der Waals surface area contributed by atoms with Gasteiger partial charge in [0.05, 0.1) is 18.1 Å². The summed E-state index contributed by atoms with van der Waals surface area (Å²) in [6, 6.07) is 4.94. The van der Waals surface area contributed by atoms with E-state index < -0.39 is 0 Å². The zero-order chi connectivity index (χ0) is 14.5. The van der Waals surface area contributed by atoms with E-state index in [4.69, 9.17) is 27.9 Å². The van der Waals surface area contributed by atoms with Crippen LogP contribution in [0.2, 0.25) is 10.0 Å². The fraction of sp³-hybridized carbons (Fsp3) is 0.231. The van der Waals surface area contributed by atoms with Crippen molar-refractivity contribution < 1.29 is 9.53 Å². The number of nitrogens with one attached hydrogen (secondary N) is 1. The van der Waals surface area contributed by atoms with Crippen molar-refractivity contribution in [1.82, 2.24) is 4.98 Å². The lowest BCUT2D eigenvalue weighted by Crippen LogP contribution is -2.15. The summed E-state index contributed by atoms with van der Waals surface area (Å²) in [6.45, 7) is 2.15. The van der Waals surface area contributed by atoms with Gasteiger partial charge in [0, 0.05) is 22.2 Å². The number of anilines is 1. The smallest absolute Gasteiger partial charge is 0.229 e. The van der Waals surface area contributed by atoms with Crippen molar-refractivity contribution in [3.63, 3.8) is 0 Å². The van der Waals surface area contributed by atoms with E-state index in [2.05, 4.69) is 10.3 Å². The van der Waals surface area contributed by atoms with Crippen molar-refractivity contribution in [3.8, 4) is 5.75 Å². The van der Waals surface area contributed by atoms with Crippen LogP contribution in [0.15, 0.2) is 24.4 Å². The molecule has 1 amide bonds. The van der Waals surface area contributed by atoms with Gasteiger partial charge in [-0.05, 0) is 19.1 Å². The van der Waals surface area contributed by atoms with Gasteiger partial charge in [-0.3, -0.25) is 4.79 Å². The number of carbonyl (C=O) groups excluding carboxylic acids is 1. The molecule has 0 aliphatic carbocycles. The second kappa shape index (κ2) is 6.92. The highest BCUT2D eigenvalue weighted by Crippen LogP contribution is 2.27. The Labute approximate surface area is 130 Å². The number of hydrogen-bond donors (Lipinski definition) is 1. The van der Waals surface area contributed by atoms with Crippen LogP contribution in [0.25, 0.3) is 0 Å². The number of nitrogens with zero attached hydrogens (tertiary/aromatic N) is 1. The van der Waals surface area contributed by atoms with E-state index >= 15 is 0 Å². The molecule has 0 aliphatic heterocycles.